The lowest BCUT2D eigenvalue weighted by Crippen LogP contribution is -2.35. The van der Waals surface area contributed by atoms with Crippen molar-refractivity contribution in [2.45, 2.75) is 44.4 Å². The van der Waals surface area contributed by atoms with Gasteiger partial charge in [-0.15, -0.1) is 0 Å². The average molecular weight is 297 g/mol. The zero-order chi connectivity index (χ0) is 14.6. The number of nitrogens with zero attached hydrogens (tertiary/aromatic N) is 1. The lowest BCUT2D eigenvalue weighted by molar-refractivity contribution is 0.305. The Balaban J connectivity index is 2.34. The standard InChI is InChI=1S/C15H23NO3S/c1-3-11-19-14-12-13(2)7-8-15(14)20(17,18)16-9-5-4-6-10-16/h7-8,12H,3-6,9-11H2,1-2H3. The Morgan fingerprint density at radius 3 is 2.55 bits per heavy atom. The molecule has 0 spiro atoms. The van der Waals surface area contributed by atoms with Crippen LogP contribution in [0, 0.1) is 6.92 Å². The third-order valence-electron chi connectivity index (χ3n) is 3.49. The van der Waals surface area contributed by atoms with Crippen molar-refractivity contribution < 1.29 is 13.2 Å². The molecule has 1 fully saturated rings. The summed E-state index contributed by atoms with van der Waals surface area (Å²) >= 11 is 0. The number of rotatable bonds is 5. The van der Waals surface area contributed by atoms with Gasteiger partial charge in [-0.2, -0.15) is 4.31 Å². The minimum Gasteiger partial charge on any atom is -0.492 e. The fraction of sp³-hybridized carbons (Fsp3) is 0.600. The summed E-state index contributed by atoms with van der Waals surface area (Å²) in [5, 5.41) is 0. The van der Waals surface area contributed by atoms with Crippen molar-refractivity contribution in [1.29, 1.82) is 0 Å². The minimum absolute atomic E-state index is 0.304. The van der Waals surface area contributed by atoms with Gasteiger partial charge in [-0.3, -0.25) is 0 Å². The quantitative estimate of drug-likeness (QED) is 0.839. The second-order valence-electron chi connectivity index (χ2n) is 5.26. The maximum Gasteiger partial charge on any atom is 0.246 e. The van der Waals surface area contributed by atoms with Crippen LogP contribution in [0.3, 0.4) is 0 Å². The Bertz CT molecular complexity index is 548. The van der Waals surface area contributed by atoms with Crippen LogP contribution in [0.2, 0.25) is 0 Å². The van der Waals surface area contributed by atoms with Gasteiger partial charge in [0.2, 0.25) is 10.0 Å². The molecule has 0 unspecified atom stereocenters. The van der Waals surface area contributed by atoms with E-state index < -0.39 is 10.0 Å². The van der Waals surface area contributed by atoms with Crippen LogP contribution < -0.4 is 4.74 Å². The molecule has 0 radical (unpaired) electrons. The number of hydrogen-bond donors (Lipinski definition) is 0. The maximum atomic E-state index is 12.7. The summed E-state index contributed by atoms with van der Waals surface area (Å²) in [6.07, 6.45) is 3.85. The van der Waals surface area contributed by atoms with Crippen LogP contribution in [0.15, 0.2) is 23.1 Å². The highest BCUT2D eigenvalue weighted by Gasteiger charge is 2.28. The van der Waals surface area contributed by atoms with Gasteiger partial charge < -0.3 is 4.74 Å². The molecule has 0 aliphatic carbocycles. The number of benzene rings is 1. The zero-order valence-electron chi connectivity index (χ0n) is 12.3. The fourth-order valence-corrected chi connectivity index (χ4v) is 4.03. The Kier molecular flexibility index (Phi) is 5.05. The first-order chi connectivity index (χ1) is 9.55. The van der Waals surface area contributed by atoms with E-state index in [1.807, 2.05) is 26.0 Å². The molecule has 0 amide bonds. The van der Waals surface area contributed by atoms with Crippen LogP contribution in [0.1, 0.15) is 38.2 Å². The van der Waals surface area contributed by atoms with Crippen LogP contribution in [0.4, 0.5) is 0 Å². The van der Waals surface area contributed by atoms with Crippen molar-refractivity contribution in [1.82, 2.24) is 4.31 Å². The molecule has 0 saturated carbocycles. The lowest BCUT2D eigenvalue weighted by Gasteiger charge is -2.26. The summed E-state index contributed by atoms with van der Waals surface area (Å²) in [5.74, 6) is 0.484. The van der Waals surface area contributed by atoms with Gasteiger partial charge in [0.1, 0.15) is 10.6 Å². The Labute approximate surface area is 121 Å². The maximum absolute atomic E-state index is 12.7. The van der Waals surface area contributed by atoms with Gasteiger partial charge in [0.15, 0.2) is 0 Å². The van der Waals surface area contributed by atoms with Gasteiger partial charge in [0.25, 0.3) is 0 Å². The lowest BCUT2D eigenvalue weighted by atomic mass is 10.2. The fourth-order valence-electron chi connectivity index (χ4n) is 2.40. The van der Waals surface area contributed by atoms with Crippen LogP contribution in [-0.4, -0.2) is 32.4 Å². The van der Waals surface area contributed by atoms with Gasteiger partial charge in [-0.25, -0.2) is 8.42 Å². The smallest absolute Gasteiger partial charge is 0.246 e. The van der Waals surface area contributed by atoms with Gasteiger partial charge in [-0.05, 0) is 43.9 Å². The molecule has 1 heterocycles. The summed E-state index contributed by atoms with van der Waals surface area (Å²) in [4.78, 5) is 0.304. The number of sulfonamides is 1. The van der Waals surface area contributed by atoms with E-state index in [0.29, 0.717) is 30.3 Å². The third kappa shape index (κ3) is 3.33. The van der Waals surface area contributed by atoms with Crippen molar-refractivity contribution in [3.8, 4) is 5.75 Å². The van der Waals surface area contributed by atoms with Gasteiger partial charge in [0.05, 0.1) is 6.61 Å². The second kappa shape index (κ2) is 6.59. The molecule has 112 valence electrons. The van der Waals surface area contributed by atoms with Crippen molar-refractivity contribution in [2.24, 2.45) is 0 Å². The van der Waals surface area contributed by atoms with Crippen molar-refractivity contribution in [2.75, 3.05) is 19.7 Å². The number of piperidine rings is 1. The number of ether oxygens (including phenoxy) is 1. The third-order valence-corrected chi connectivity index (χ3v) is 5.43. The summed E-state index contributed by atoms with van der Waals surface area (Å²) in [6.45, 7) is 5.71. The van der Waals surface area contributed by atoms with E-state index in [2.05, 4.69) is 0 Å². The number of hydrogen-bond acceptors (Lipinski definition) is 3. The summed E-state index contributed by atoms with van der Waals surface area (Å²) in [6, 6.07) is 5.31. The second-order valence-corrected chi connectivity index (χ2v) is 7.17. The van der Waals surface area contributed by atoms with E-state index in [1.54, 1.807) is 10.4 Å². The zero-order valence-corrected chi connectivity index (χ0v) is 13.1. The highest BCUT2D eigenvalue weighted by Crippen LogP contribution is 2.29. The molecule has 2 rings (SSSR count). The summed E-state index contributed by atoms with van der Waals surface area (Å²) < 4.78 is 32.7. The molecule has 0 atom stereocenters. The van der Waals surface area contributed by atoms with E-state index in [9.17, 15) is 8.42 Å². The van der Waals surface area contributed by atoms with E-state index in [4.69, 9.17) is 4.74 Å². The van der Waals surface area contributed by atoms with Crippen molar-refractivity contribution >= 4 is 10.0 Å². The van der Waals surface area contributed by atoms with Crippen LogP contribution in [0.5, 0.6) is 5.75 Å². The van der Waals surface area contributed by atoms with Crippen LogP contribution in [-0.2, 0) is 10.0 Å². The summed E-state index contributed by atoms with van der Waals surface area (Å²) in [5.41, 5.74) is 1.01. The minimum atomic E-state index is -3.43. The van der Waals surface area contributed by atoms with E-state index in [-0.39, 0.29) is 0 Å². The normalized spacial score (nSPS) is 17.1. The molecule has 0 N–H and O–H groups in total. The number of aryl methyl sites for hydroxylation is 1. The van der Waals surface area contributed by atoms with E-state index >= 15 is 0 Å². The SMILES string of the molecule is CCCOc1cc(C)ccc1S(=O)(=O)N1CCCCC1. The van der Waals surface area contributed by atoms with Gasteiger partial charge in [0, 0.05) is 13.1 Å². The van der Waals surface area contributed by atoms with Crippen LogP contribution >= 0.6 is 0 Å². The highest BCUT2D eigenvalue weighted by atomic mass is 32.2. The molecule has 0 bridgehead atoms. The molecule has 1 aromatic carbocycles. The van der Waals surface area contributed by atoms with Crippen molar-refractivity contribution in [3.05, 3.63) is 23.8 Å². The van der Waals surface area contributed by atoms with Crippen LogP contribution in [0.25, 0.3) is 0 Å². The molecule has 4 nitrogen and oxygen atoms in total. The molecule has 1 aromatic rings. The Hall–Kier alpha value is -1.07. The molecule has 1 aliphatic heterocycles. The first kappa shape index (κ1) is 15.3. The Morgan fingerprint density at radius 1 is 1.20 bits per heavy atom. The largest absolute Gasteiger partial charge is 0.492 e. The Morgan fingerprint density at radius 2 is 1.90 bits per heavy atom. The predicted octanol–water partition coefficient (Wildman–Crippen LogP) is 2.96. The van der Waals surface area contributed by atoms with Crippen molar-refractivity contribution in [3.63, 3.8) is 0 Å². The van der Waals surface area contributed by atoms with Gasteiger partial charge >= 0.3 is 0 Å². The molecule has 1 aliphatic rings. The topological polar surface area (TPSA) is 46.6 Å². The van der Waals surface area contributed by atoms with E-state index in [1.165, 1.54) is 0 Å². The van der Waals surface area contributed by atoms with E-state index in [0.717, 1.165) is 31.2 Å². The average Bonchev–Trinajstić information content (AvgIpc) is 2.46. The highest BCUT2D eigenvalue weighted by molar-refractivity contribution is 7.89. The molecule has 1 saturated heterocycles. The molecular weight excluding hydrogens is 274 g/mol. The van der Waals surface area contributed by atoms with Gasteiger partial charge in [-0.1, -0.05) is 19.4 Å². The first-order valence-corrected chi connectivity index (χ1v) is 8.73. The first-order valence-electron chi connectivity index (χ1n) is 7.29. The molecule has 0 aromatic heterocycles. The summed E-state index contributed by atoms with van der Waals surface area (Å²) in [7, 11) is -3.43. The molecular formula is C15H23NO3S. The molecule has 20 heavy (non-hydrogen) atoms. The predicted molar refractivity (Wildman–Crippen MR) is 79.6 cm³/mol. The monoisotopic (exact) mass is 297 g/mol. The molecule has 5 heteroatoms.